The fraction of sp³-hybridized carbons (Fsp3) is 0.333. The molecule has 0 heterocycles. The van der Waals surface area contributed by atoms with E-state index in [1.54, 1.807) is 6.07 Å². The molecule has 28 heavy (non-hydrogen) atoms. The quantitative estimate of drug-likeness (QED) is 0.496. The fourth-order valence-corrected chi connectivity index (χ4v) is 2.32. The van der Waals surface area contributed by atoms with Gasteiger partial charge in [0.05, 0.1) is 0 Å². The third-order valence-corrected chi connectivity index (χ3v) is 3.76. The SMILES string of the molecule is OC(Cc1ccccc1)(NCc1cccc(OC(F)(F)C(F)F)c1)C(F)(F)F. The van der Waals surface area contributed by atoms with Crippen molar-refractivity contribution in [3.63, 3.8) is 0 Å². The van der Waals surface area contributed by atoms with Crippen LogP contribution in [0.4, 0.5) is 30.7 Å². The second kappa shape index (κ2) is 8.36. The summed E-state index contributed by atoms with van der Waals surface area (Å²) in [6.45, 7) is -0.583. The van der Waals surface area contributed by atoms with Crippen molar-refractivity contribution < 1.29 is 40.6 Å². The van der Waals surface area contributed by atoms with E-state index in [0.717, 1.165) is 18.2 Å². The molecule has 0 radical (unpaired) electrons. The fourth-order valence-electron chi connectivity index (χ4n) is 2.32. The third-order valence-electron chi connectivity index (χ3n) is 3.76. The second-order valence-corrected chi connectivity index (χ2v) is 5.99. The zero-order valence-electron chi connectivity index (χ0n) is 14.2. The number of benzene rings is 2. The standard InChI is InChI=1S/C18H16F7NO2/c19-15(20)17(21,22)28-14-8-4-7-13(9-14)11-26-16(27,18(23,24)25)10-12-5-2-1-3-6-12/h1-9,15,26-27H,10-11H2. The average molecular weight is 411 g/mol. The molecular formula is C18H16F7NO2. The molecule has 3 nitrogen and oxygen atoms in total. The van der Waals surface area contributed by atoms with Gasteiger partial charge in [0.15, 0.2) is 0 Å². The van der Waals surface area contributed by atoms with Crippen molar-refractivity contribution in [3.05, 3.63) is 65.7 Å². The zero-order chi connectivity index (χ0) is 21.0. The van der Waals surface area contributed by atoms with Crippen LogP contribution in [0.15, 0.2) is 54.6 Å². The first-order chi connectivity index (χ1) is 12.9. The van der Waals surface area contributed by atoms with Crippen LogP contribution in [-0.4, -0.2) is 29.5 Å². The van der Waals surface area contributed by atoms with Gasteiger partial charge in [0.25, 0.3) is 0 Å². The van der Waals surface area contributed by atoms with Gasteiger partial charge in [0.1, 0.15) is 5.75 Å². The summed E-state index contributed by atoms with van der Waals surface area (Å²) in [5.74, 6) is -0.650. The highest BCUT2D eigenvalue weighted by atomic mass is 19.4. The third kappa shape index (κ3) is 5.59. The minimum Gasteiger partial charge on any atom is -0.428 e. The molecule has 2 aromatic rings. The lowest BCUT2D eigenvalue weighted by Gasteiger charge is -2.32. The monoisotopic (exact) mass is 411 g/mol. The van der Waals surface area contributed by atoms with Crippen LogP contribution in [0.25, 0.3) is 0 Å². The van der Waals surface area contributed by atoms with Crippen molar-refractivity contribution in [3.8, 4) is 5.75 Å². The molecule has 0 aliphatic rings. The molecule has 2 N–H and O–H groups in total. The Kier molecular flexibility index (Phi) is 6.56. The van der Waals surface area contributed by atoms with E-state index >= 15 is 0 Å². The summed E-state index contributed by atoms with van der Waals surface area (Å²) >= 11 is 0. The number of ether oxygens (including phenoxy) is 1. The average Bonchev–Trinajstić information content (AvgIpc) is 2.60. The summed E-state index contributed by atoms with van der Waals surface area (Å²) in [5, 5.41) is 12.1. The van der Waals surface area contributed by atoms with E-state index in [0.29, 0.717) is 0 Å². The van der Waals surface area contributed by atoms with Gasteiger partial charge in [-0.05, 0) is 23.3 Å². The number of hydrogen-bond donors (Lipinski definition) is 2. The molecule has 2 aromatic carbocycles. The predicted molar refractivity (Wildman–Crippen MR) is 86.0 cm³/mol. The van der Waals surface area contributed by atoms with E-state index in [9.17, 15) is 35.8 Å². The molecule has 0 aliphatic heterocycles. The van der Waals surface area contributed by atoms with Crippen molar-refractivity contribution in [2.45, 2.75) is 37.4 Å². The summed E-state index contributed by atoms with van der Waals surface area (Å²) < 4.78 is 94.3. The highest BCUT2D eigenvalue weighted by molar-refractivity contribution is 5.29. The maximum absolute atomic E-state index is 13.4. The summed E-state index contributed by atoms with van der Waals surface area (Å²) in [7, 11) is 0. The first-order valence-corrected chi connectivity index (χ1v) is 7.95. The summed E-state index contributed by atoms with van der Waals surface area (Å²) in [5.41, 5.74) is -3.07. The molecule has 0 amide bonds. The highest BCUT2D eigenvalue weighted by Gasteiger charge is 2.53. The van der Waals surface area contributed by atoms with Crippen LogP contribution in [0.5, 0.6) is 5.75 Å². The minimum atomic E-state index is -5.04. The maximum atomic E-state index is 13.4. The Morgan fingerprint density at radius 3 is 2.07 bits per heavy atom. The van der Waals surface area contributed by atoms with Crippen molar-refractivity contribution in [2.24, 2.45) is 0 Å². The Hall–Kier alpha value is -2.33. The van der Waals surface area contributed by atoms with Crippen LogP contribution in [0.1, 0.15) is 11.1 Å². The van der Waals surface area contributed by atoms with E-state index in [1.807, 2.05) is 5.32 Å². The molecular weight excluding hydrogens is 395 g/mol. The van der Waals surface area contributed by atoms with Crippen molar-refractivity contribution in [1.82, 2.24) is 5.32 Å². The maximum Gasteiger partial charge on any atom is 0.461 e. The first-order valence-electron chi connectivity index (χ1n) is 7.95. The van der Waals surface area contributed by atoms with Crippen LogP contribution >= 0.6 is 0 Å². The van der Waals surface area contributed by atoms with E-state index in [2.05, 4.69) is 4.74 Å². The summed E-state index contributed by atoms with van der Waals surface area (Å²) in [6, 6.07) is 11.7. The lowest BCUT2D eigenvalue weighted by Crippen LogP contribution is -2.58. The second-order valence-electron chi connectivity index (χ2n) is 5.99. The number of nitrogens with one attached hydrogen (secondary N) is 1. The molecule has 0 fully saturated rings. The molecule has 0 aliphatic carbocycles. The lowest BCUT2D eigenvalue weighted by atomic mass is 10.0. The van der Waals surface area contributed by atoms with E-state index in [1.165, 1.54) is 30.3 Å². The predicted octanol–water partition coefficient (Wildman–Crippen LogP) is 4.51. The lowest BCUT2D eigenvalue weighted by molar-refractivity contribution is -0.273. The van der Waals surface area contributed by atoms with Gasteiger partial charge < -0.3 is 9.84 Å². The first kappa shape index (κ1) is 22.0. The van der Waals surface area contributed by atoms with E-state index in [-0.39, 0.29) is 11.1 Å². The van der Waals surface area contributed by atoms with Crippen molar-refractivity contribution in [2.75, 3.05) is 0 Å². The Morgan fingerprint density at radius 1 is 0.893 bits per heavy atom. The molecule has 10 heteroatoms. The van der Waals surface area contributed by atoms with Gasteiger partial charge >= 0.3 is 18.7 Å². The smallest absolute Gasteiger partial charge is 0.428 e. The van der Waals surface area contributed by atoms with Gasteiger partial charge in [0, 0.05) is 13.0 Å². The van der Waals surface area contributed by atoms with Crippen molar-refractivity contribution >= 4 is 0 Å². The molecule has 0 bridgehead atoms. The molecule has 154 valence electrons. The van der Waals surface area contributed by atoms with E-state index in [4.69, 9.17) is 0 Å². The van der Waals surface area contributed by atoms with Gasteiger partial charge in [-0.3, -0.25) is 5.32 Å². The van der Waals surface area contributed by atoms with Gasteiger partial charge in [-0.1, -0.05) is 42.5 Å². The molecule has 1 unspecified atom stereocenters. The minimum absolute atomic E-state index is 0.0123. The van der Waals surface area contributed by atoms with Gasteiger partial charge in [0.2, 0.25) is 5.72 Å². The van der Waals surface area contributed by atoms with E-state index < -0.39 is 43.2 Å². The molecule has 0 spiro atoms. The Morgan fingerprint density at radius 2 is 1.50 bits per heavy atom. The van der Waals surface area contributed by atoms with Crippen LogP contribution in [0.3, 0.4) is 0 Å². The Labute approximate surface area is 155 Å². The highest BCUT2D eigenvalue weighted by Crippen LogP contribution is 2.32. The topological polar surface area (TPSA) is 41.5 Å². The van der Waals surface area contributed by atoms with Gasteiger partial charge in [-0.25, -0.2) is 0 Å². The van der Waals surface area contributed by atoms with Crippen LogP contribution in [-0.2, 0) is 13.0 Å². The molecule has 0 saturated carbocycles. The van der Waals surface area contributed by atoms with Gasteiger partial charge in [-0.2, -0.15) is 30.7 Å². The van der Waals surface area contributed by atoms with Gasteiger partial charge in [-0.15, -0.1) is 0 Å². The van der Waals surface area contributed by atoms with Crippen LogP contribution in [0, 0.1) is 0 Å². The summed E-state index contributed by atoms with van der Waals surface area (Å²) in [6.07, 6.45) is -14.7. The zero-order valence-corrected chi connectivity index (χ0v) is 14.2. The number of aliphatic hydroxyl groups is 1. The van der Waals surface area contributed by atoms with Crippen molar-refractivity contribution in [1.29, 1.82) is 0 Å². The molecule has 2 rings (SSSR count). The number of rotatable bonds is 8. The normalized spacial score (nSPS) is 14.8. The Bertz CT molecular complexity index is 768. The number of alkyl halides is 7. The Balaban J connectivity index is 2.14. The summed E-state index contributed by atoms with van der Waals surface area (Å²) in [4.78, 5) is 0. The van der Waals surface area contributed by atoms with Crippen LogP contribution in [0.2, 0.25) is 0 Å². The molecule has 0 aromatic heterocycles. The van der Waals surface area contributed by atoms with Crippen LogP contribution < -0.4 is 10.1 Å². The number of hydrogen-bond acceptors (Lipinski definition) is 3. The number of halogens is 7. The largest absolute Gasteiger partial charge is 0.461 e. The molecule has 1 atom stereocenters. The molecule has 0 saturated heterocycles.